The molecule has 4 nitrogen and oxygen atoms in total. The zero-order chi connectivity index (χ0) is 8.69. The molecule has 0 aromatic rings. The first-order valence-corrected chi connectivity index (χ1v) is 4.80. The third-order valence-corrected chi connectivity index (χ3v) is 2.05. The molecule has 0 radical (unpaired) electrons. The molecule has 0 aliphatic carbocycles. The van der Waals surface area contributed by atoms with Crippen molar-refractivity contribution in [2.24, 2.45) is 0 Å². The van der Waals surface area contributed by atoms with Gasteiger partial charge in [-0.1, -0.05) is 0 Å². The lowest BCUT2D eigenvalue weighted by atomic mass is 10.5. The minimum Gasteiger partial charge on any atom is -0.481 e. The number of carbonyl (C=O) groups is 1. The van der Waals surface area contributed by atoms with Gasteiger partial charge in [0, 0.05) is 23.2 Å². The van der Waals surface area contributed by atoms with Crippen molar-refractivity contribution in [1.82, 2.24) is 0 Å². The van der Waals surface area contributed by atoms with E-state index in [0.717, 1.165) is 0 Å². The van der Waals surface area contributed by atoms with Crippen molar-refractivity contribution in [3.63, 3.8) is 0 Å². The van der Waals surface area contributed by atoms with Gasteiger partial charge in [0.15, 0.2) is 0 Å². The van der Waals surface area contributed by atoms with Crippen molar-refractivity contribution in [2.45, 2.75) is 13.3 Å². The monoisotopic (exact) mass is 180 g/mol. The van der Waals surface area contributed by atoms with Gasteiger partial charge in [-0.05, 0) is 6.92 Å². The predicted molar refractivity (Wildman–Crippen MR) is 41.8 cm³/mol. The second-order valence-electron chi connectivity index (χ2n) is 1.90. The highest BCUT2D eigenvalue weighted by molar-refractivity contribution is 7.84. The summed E-state index contributed by atoms with van der Waals surface area (Å²) >= 11 is 0. The lowest BCUT2D eigenvalue weighted by Crippen LogP contribution is -2.09. The number of aliphatic carboxylic acids is 1. The topological polar surface area (TPSA) is 63.6 Å². The van der Waals surface area contributed by atoms with E-state index in [-0.39, 0.29) is 18.1 Å². The molecule has 0 bridgehead atoms. The van der Waals surface area contributed by atoms with E-state index in [9.17, 15) is 9.00 Å². The van der Waals surface area contributed by atoms with E-state index in [4.69, 9.17) is 9.84 Å². The molecule has 0 saturated carbocycles. The minimum absolute atomic E-state index is 0.0559. The fourth-order valence-corrected chi connectivity index (χ4v) is 1.31. The van der Waals surface area contributed by atoms with Crippen LogP contribution < -0.4 is 0 Å². The molecule has 0 saturated heterocycles. The summed E-state index contributed by atoms with van der Waals surface area (Å²) < 4.78 is 15.7. The van der Waals surface area contributed by atoms with Crippen LogP contribution in [0.1, 0.15) is 13.3 Å². The van der Waals surface area contributed by atoms with Crippen LogP contribution in [0.15, 0.2) is 0 Å². The maximum absolute atomic E-state index is 10.8. The Morgan fingerprint density at radius 1 is 1.64 bits per heavy atom. The Bertz CT molecular complexity index is 146. The number of ether oxygens (including phenoxy) is 1. The molecule has 0 aliphatic rings. The van der Waals surface area contributed by atoms with E-state index in [1.165, 1.54) is 0 Å². The summed E-state index contributed by atoms with van der Waals surface area (Å²) in [6.07, 6.45) is -0.0559. The molecule has 1 unspecified atom stereocenters. The Labute approximate surface area is 68.0 Å². The molecule has 11 heavy (non-hydrogen) atoms. The van der Waals surface area contributed by atoms with Crippen molar-refractivity contribution in [2.75, 3.05) is 18.3 Å². The second-order valence-corrected chi connectivity index (χ2v) is 3.42. The van der Waals surface area contributed by atoms with Gasteiger partial charge in [-0.2, -0.15) is 0 Å². The molecule has 1 atom stereocenters. The average molecular weight is 180 g/mol. The van der Waals surface area contributed by atoms with Crippen molar-refractivity contribution >= 4 is 16.8 Å². The van der Waals surface area contributed by atoms with E-state index >= 15 is 0 Å². The van der Waals surface area contributed by atoms with Gasteiger partial charge in [0.05, 0.1) is 6.42 Å². The third kappa shape index (κ3) is 7.48. The van der Waals surface area contributed by atoms with Crippen LogP contribution in [-0.2, 0) is 20.3 Å². The molecule has 1 N–H and O–H groups in total. The van der Waals surface area contributed by atoms with Gasteiger partial charge < -0.3 is 9.84 Å². The van der Waals surface area contributed by atoms with Crippen LogP contribution in [0.25, 0.3) is 0 Å². The average Bonchev–Trinajstić information content (AvgIpc) is 1.97. The number of rotatable bonds is 6. The van der Waals surface area contributed by atoms with Gasteiger partial charge in [-0.25, -0.2) is 0 Å². The second kappa shape index (κ2) is 6.30. The van der Waals surface area contributed by atoms with E-state index in [2.05, 4.69) is 0 Å². The highest BCUT2D eigenvalue weighted by atomic mass is 32.2. The Hall–Kier alpha value is -0.420. The summed E-state index contributed by atoms with van der Waals surface area (Å²) in [5.41, 5.74) is 0. The smallest absolute Gasteiger partial charge is 0.304 e. The van der Waals surface area contributed by atoms with E-state index < -0.39 is 16.8 Å². The molecule has 0 fully saturated rings. The largest absolute Gasteiger partial charge is 0.481 e. The number of hydrogen-bond donors (Lipinski definition) is 1. The number of hydrogen-bond acceptors (Lipinski definition) is 3. The normalized spacial score (nSPS) is 12.8. The maximum atomic E-state index is 10.8. The summed E-state index contributed by atoms with van der Waals surface area (Å²) in [7, 11) is -1.14. The molecule has 0 aromatic carbocycles. The summed E-state index contributed by atoms with van der Waals surface area (Å²) in [6.45, 7) is 2.31. The molecular formula is C6H12O4S. The van der Waals surface area contributed by atoms with E-state index in [1.807, 2.05) is 0 Å². The van der Waals surface area contributed by atoms with Crippen LogP contribution in [0.4, 0.5) is 0 Å². The zero-order valence-corrected chi connectivity index (χ0v) is 7.23. The molecule has 66 valence electrons. The Morgan fingerprint density at radius 3 is 2.73 bits per heavy atom. The van der Waals surface area contributed by atoms with Crippen molar-refractivity contribution < 1.29 is 18.8 Å². The van der Waals surface area contributed by atoms with Crippen molar-refractivity contribution in [3.8, 4) is 0 Å². The van der Waals surface area contributed by atoms with Gasteiger partial charge in [0.2, 0.25) is 0 Å². The Morgan fingerprint density at radius 2 is 2.27 bits per heavy atom. The fraction of sp³-hybridized carbons (Fsp3) is 0.833. The van der Waals surface area contributed by atoms with Crippen LogP contribution in [0.5, 0.6) is 0 Å². The highest BCUT2D eigenvalue weighted by Crippen LogP contribution is 1.88. The van der Waals surface area contributed by atoms with E-state index in [1.54, 1.807) is 6.92 Å². The zero-order valence-electron chi connectivity index (χ0n) is 6.41. The van der Waals surface area contributed by atoms with Crippen LogP contribution in [0.3, 0.4) is 0 Å². The quantitative estimate of drug-likeness (QED) is 0.634. The van der Waals surface area contributed by atoms with Gasteiger partial charge in [-0.3, -0.25) is 9.00 Å². The lowest BCUT2D eigenvalue weighted by Gasteiger charge is -1.98. The van der Waals surface area contributed by atoms with Crippen molar-refractivity contribution in [1.29, 1.82) is 0 Å². The summed E-state index contributed by atoms with van der Waals surface area (Å²) in [6, 6.07) is 0. The van der Waals surface area contributed by atoms with Crippen LogP contribution in [0.2, 0.25) is 0 Å². The van der Waals surface area contributed by atoms with Crippen LogP contribution >= 0.6 is 0 Å². The molecule has 0 spiro atoms. The third-order valence-electron chi connectivity index (χ3n) is 0.963. The Kier molecular flexibility index (Phi) is 6.06. The van der Waals surface area contributed by atoms with Crippen LogP contribution in [0, 0.1) is 0 Å². The molecule has 5 heteroatoms. The highest BCUT2D eigenvalue weighted by Gasteiger charge is 2.02. The molecule has 0 heterocycles. The fourth-order valence-electron chi connectivity index (χ4n) is 0.436. The first-order valence-electron chi connectivity index (χ1n) is 3.31. The van der Waals surface area contributed by atoms with E-state index in [0.29, 0.717) is 6.61 Å². The standard InChI is InChI=1S/C6H12O4S/c1-2-10-5-11(9)4-3-6(7)8/h2-5H2,1H3,(H,7,8). The first-order chi connectivity index (χ1) is 5.16. The van der Waals surface area contributed by atoms with Crippen molar-refractivity contribution in [3.05, 3.63) is 0 Å². The number of carboxylic acids is 1. The maximum Gasteiger partial charge on any atom is 0.304 e. The Balaban J connectivity index is 3.30. The molecule has 0 rings (SSSR count). The predicted octanol–water partition coefficient (Wildman–Crippen LogP) is 0.204. The SMILES string of the molecule is CCOCS(=O)CCC(=O)O. The summed E-state index contributed by atoms with van der Waals surface area (Å²) in [5, 5.41) is 8.21. The molecule has 0 aromatic heterocycles. The molecule has 0 aliphatic heterocycles. The van der Waals surface area contributed by atoms with Gasteiger partial charge in [-0.15, -0.1) is 0 Å². The lowest BCUT2D eigenvalue weighted by molar-refractivity contribution is -0.136. The van der Waals surface area contributed by atoms with Gasteiger partial charge in [0.25, 0.3) is 0 Å². The van der Waals surface area contributed by atoms with Crippen LogP contribution in [-0.4, -0.2) is 33.6 Å². The number of carboxylic acid groups (broad SMARTS) is 1. The first kappa shape index (κ1) is 10.6. The molecule has 0 amide bonds. The van der Waals surface area contributed by atoms with Gasteiger partial charge in [0.1, 0.15) is 5.94 Å². The summed E-state index contributed by atoms with van der Waals surface area (Å²) in [4.78, 5) is 10.0. The summed E-state index contributed by atoms with van der Waals surface area (Å²) in [5.74, 6) is -0.603. The minimum atomic E-state index is -1.14. The molecular weight excluding hydrogens is 168 g/mol. The van der Waals surface area contributed by atoms with Gasteiger partial charge >= 0.3 is 5.97 Å².